The van der Waals surface area contributed by atoms with Crippen molar-refractivity contribution in [2.75, 3.05) is 25.4 Å². The van der Waals surface area contributed by atoms with Crippen molar-refractivity contribution in [3.05, 3.63) is 24.3 Å². The molecule has 0 fully saturated rings. The van der Waals surface area contributed by atoms with Crippen LogP contribution in [-0.4, -0.2) is 41.8 Å². The number of nitrogens with two attached hydrogens (primary N) is 1. The molecule has 1 aromatic carbocycles. The summed E-state index contributed by atoms with van der Waals surface area (Å²) in [4.78, 5) is 2.26. The second kappa shape index (κ2) is 8.02. The van der Waals surface area contributed by atoms with Crippen LogP contribution in [0.25, 0.3) is 0 Å². The van der Waals surface area contributed by atoms with Crippen molar-refractivity contribution in [1.29, 1.82) is 0 Å². The van der Waals surface area contributed by atoms with Crippen LogP contribution >= 0.6 is 0 Å². The van der Waals surface area contributed by atoms with Crippen LogP contribution in [0.2, 0.25) is 0 Å². The first kappa shape index (κ1) is 15.8. The molecule has 4 heteroatoms. The Morgan fingerprint density at radius 2 is 1.89 bits per heavy atom. The lowest BCUT2D eigenvalue weighted by atomic mass is 10.2. The molecule has 1 rings (SSSR count). The fourth-order valence-corrected chi connectivity index (χ4v) is 1.96. The number of aliphatic hydroxyl groups is 1. The van der Waals surface area contributed by atoms with E-state index in [1.807, 2.05) is 12.1 Å². The smallest absolute Gasteiger partial charge is 0.119 e. The highest BCUT2D eigenvalue weighted by atomic mass is 16.5. The molecule has 0 bridgehead atoms. The van der Waals surface area contributed by atoms with Gasteiger partial charge in [-0.15, -0.1) is 0 Å². The number of ether oxygens (including phenoxy) is 1. The predicted molar refractivity (Wildman–Crippen MR) is 79.4 cm³/mol. The Bertz CT molecular complexity index is 354. The molecule has 0 heterocycles. The van der Waals surface area contributed by atoms with Crippen molar-refractivity contribution in [3.8, 4) is 5.75 Å². The first-order valence-corrected chi connectivity index (χ1v) is 6.97. The quantitative estimate of drug-likeness (QED) is 0.708. The fraction of sp³-hybridized carbons (Fsp3) is 0.600. The van der Waals surface area contributed by atoms with Crippen molar-refractivity contribution in [2.45, 2.75) is 39.3 Å². The molecule has 4 nitrogen and oxygen atoms in total. The van der Waals surface area contributed by atoms with Gasteiger partial charge < -0.3 is 15.6 Å². The van der Waals surface area contributed by atoms with E-state index in [9.17, 15) is 5.11 Å². The Morgan fingerprint density at radius 1 is 1.26 bits per heavy atom. The molecule has 3 N–H and O–H groups in total. The van der Waals surface area contributed by atoms with Crippen LogP contribution in [0.15, 0.2) is 24.3 Å². The van der Waals surface area contributed by atoms with Crippen LogP contribution in [-0.2, 0) is 0 Å². The number of likely N-dealkylation sites (N-methyl/N-ethyl adjacent to an activating group) is 1. The third-order valence-corrected chi connectivity index (χ3v) is 3.39. The standard InChI is InChI=1S/C15H26N2O2/c1-4-12(3)17(5-2)10-14(18)11-19-15-8-6-13(16)7-9-15/h6-9,12,14,18H,4-5,10-11,16H2,1-3H3. The van der Waals surface area contributed by atoms with Gasteiger partial charge in [0.25, 0.3) is 0 Å². The van der Waals surface area contributed by atoms with E-state index in [-0.39, 0.29) is 0 Å². The van der Waals surface area contributed by atoms with Crippen LogP contribution in [0, 0.1) is 0 Å². The van der Waals surface area contributed by atoms with E-state index in [1.165, 1.54) is 0 Å². The van der Waals surface area contributed by atoms with E-state index in [2.05, 4.69) is 25.7 Å². The maximum Gasteiger partial charge on any atom is 0.119 e. The summed E-state index contributed by atoms with van der Waals surface area (Å²) in [6.07, 6.45) is 0.603. The summed E-state index contributed by atoms with van der Waals surface area (Å²) < 4.78 is 5.55. The zero-order valence-electron chi connectivity index (χ0n) is 12.2. The second-order valence-corrected chi connectivity index (χ2v) is 4.88. The van der Waals surface area contributed by atoms with E-state index in [1.54, 1.807) is 12.1 Å². The van der Waals surface area contributed by atoms with Crippen molar-refractivity contribution >= 4 is 5.69 Å². The Kier molecular flexibility index (Phi) is 6.67. The van der Waals surface area contributed by atoms with Gasteiger partial charge in [-0.05, 0) is 44.2 Å². The van der Waals surface area contributed by atoms with E-state index in [4.69, 9.17) is 10.5 Å². The second-order valence-electron chi connectivity index (χ2n) is 4.88. The van der Waals surface area contributed by atoms with Crippen LogP contribution < -0.4 is 10.5 Å². The molecule has 0 saturated heterocycles. The fourth-order valence-electron chi connectivity index (χ4n) is 1.96. The lowest BCUT2D eigenvalue weighted by Crippen LogP contribution is -2.40. The summed E-state index contributed by atoms with van der Waals surface area (Å²) in [7, 11) is 0. The molecule has 2 unspecified atom stereocenters. The Balaban J connectivity index is 2.38. The lowest BCUT2D eigenvalue weighted by Gasteiger charge is -2.29. The van der Waals surface area contributed by atoms with E-state index in [0.29, 0.717) is 24.9 Å². The van der Waals surface area contributed by atoms with E-state index in [0.717, 1.165) is 18.7 Å². The van der Waals surface area contributed by atoms with Gasteiger partial charge in [0.05, 0.1) is 0 Å². The maximum atomic E-state index is 10.0. The van der Waals surface area contributed by atoms with E-state index < -0.39 is 6.10 Å². The van der Waals surface area contributed by atoms with Crippen molar-refractivity contribution in [3.63, 3.8) is 0 Å². The average molecular weight is 266 g/mol. The van der Waals surface area contributed by atoms with Crippen LogP contribution in [0.5, 0.6) is 5.75 Å². The van der Waals surface area contributed by atoms with Crippen molar-refractivity contribution < 1.29 is 9.84 Å². The minimum Gasteiger partial charge on any atom is -0.491 e. The summed E-state index contributed by atoms with van der Waals surface area (Å²) >= 11 is 0. The third-order valence-electron chi connectivity index (χ3n) is 3.39. The maximum absolute atomic E-state index is 10.0. The van der Waals surface area contributed by atoms with Crippen LogP contribution in [0.3, 0.4) is 0 Å². The Morgan fingerprint density at radius 3 is 2.42 bits per heavy atom. The molecular formula is C15H26N2O2. The van der Waals surface area contributed by atoms with Gasteiger partial charge in [-0.3, -0.25) is 4.90 Å². The number of hydrogen-bond acceptors (Lipinski definition) is 4. The summed E-state index contributed by atoms with van der Waals surface area (Å²) in [6, 6.07) is 7.69. The van der Waals surface area contributed by atoms with Gasteiger partial charge in [0.1, 0.15) is 18.5 Å². The Labute approximate surface area is 116 Å². The first-order valence-electron chi connectivity index (χ1n) is 6.97. The molecule has 0 aromatic heterocycles. The number of benzene rings is 1. The summed E-state index contributed by atoms with van der Waals surface area (Å²) in [5, 5.41) is 10.0. The van der Waals surface area contributed by atoms with Gasteiger partial charge in [0, 0.05) is 18.3 Å². The first-order chi connectivity index (χ1) is 9.06. The van der Waals surface area contributed by atoms with Crippen LogP contribution in [0.4, 0.5) is 5.69 Å². The molecular weight excluding hydrogens is 240 g/mol. The highest BCUT2D eigenvalue weighted by Gasteiger charge is 2.15. The molecule has 108 valence electrons. The van der Waals surface area contributed by atoms with Crippen molar-refractivity contribution in [1.82, 2.24) is 4.90 Å². The van der Waals surface area contributed by atoms with E-state index >= 15 is 0 Å². The number of rotatable bonds is 8. The van der Waals surface area contributed by atoms with Gasteiger partial charge in [0.2, 0.25) is 0 Å². The normalized spacial score (nSPS) is 14.4. The SMILES string of the molecule is CCC(C)N(CC)CC(O)COc1ccc(N)cc1. The summed E-state index contributed by atoms with van der Waals surface area (Å²) in [5.74, 6) is 0.736. The largest absolute Gasteiger partial charge is 0.491 e. The zero-order valence-corrected chi connectivity index (χ0v) is 12.2. The molecule has 19 heavy (non-hydrogen) atoms. The predicted octanol–water partition coefficient (Wildman–Crippen LogP) is 2.13. The van der Waals surface area contributed by atoms with Gasteiger partial charge >= 0.3 is 0 Å². The number of hydrogen-bond donors (Lipinski definition) is 2. The molecule has 0 saturated carbocycles. The Hall–Kier alpha value is -1.26. The molecule has 0 radical (unpaired) electrons. The number of nitrogens with zero attached hydrogens (tertiary/aromatic N) is 1. The van der Waals surface area contributed by atoms with Gasteiger partial charge in [-0.1, -0.05) is 13.8 Å². The monoisotopic (exact) mass is 266 g/mol. The molecule has 0 aliphatic heterocycles. The third kappa shape index (κ3) is 5.49. The molecule has 1 aromatic rings. The highest BCUT2D eigenvalue weighted by molar-refractivity contribution is 5.41. The highest BCUT2D eigenvalue weighted by Crippen LogP contribution is 2.13. The summed E-state index contributed by atoms with van der Waals surface area (Å²) in [6.45, 7) is 8.33. The zero-order chi connectivity index (χ0) is 14.3. The summed E-state index contributed by atoms with van der Waals surface area (Å²) in [5.41, 5.74) is 6.31. The molecule has 0 aliphatic rings. The molecule has 0 amide bonds. The van der Waals surface area contributed by atoms with Gasteiger partial charge in [-0.25, -0.2) is 0 Å². The average Bonchev–Trinajstić information content (AvgIpc) is 2.43. The minimum absolute atomic E-state index is 0.302. The number of aliphatic hydroxyl groups excluding tert-OH is 1. The molecule has 0 aliphatic carbocycles. The number of nitrogen functional groups attached to an aromatic ring is 1. The molecule has 2 atom stereocenters. The van der Waals surface area contributed by atoms with Crippen LogP contribution in [0.1, 0.15) is 27.2 Å². The van der Waals surface area contributed by atoms with Crippen molar-refractivity contribution in [2.24, 2.45) is 0 Å². The number of anilines is 1. The van der Waals surface area contributed by atoms with Gasteiger partial charge in [-0.2, -0.15) is 0 Å². The lowest BCUT2D eigenvalue weighted by molar-refractivity contribution is 0.0564. The topological polar surface area (TPSA) is 58.7 Å². The minimum atomic E-state index is -0.480. The van der Waals surface area contributed by atoms with Gasteiger partial charge in [0.15, 0.2) is 0 Å². The molecule has 0 spiro atoms.